The average Bonchev–Trinajstić information content (AvgIpc) is 3.30. The molecule has 1 aliphatic carbocycles. The van der Waals surface area contributed by atoms with Crippen LogP contribution in [0.5, 0.6) is 0 Å². The lowest BCUT2D eigenvalue weighted by Crippen LogP contribution is -2.34. The van der Waals surface area contributed by atoms with Gasteiger partial charge in [-0.2, -0.15) is 0 Å². The van der Waals surface area contributed by atoms with E-state index in [0.29, 0.717) is 22.3 Å². The average molecular weight is 451 g/mol. The van der Waals surface area contributed by atoms with E-state index in [-0.39, 0.29) is 37.0 Å². The molecule has 0 unspecified atom stereocenters. The maximum absolute atomic E-state index is 13.8. The molecule has 4 rings (SSSR count). The lowest BCUT2D eigenvalue weighted by Gasteiger charge is -2.14. The standard InChI is InChI=1S/C25H27FN4O3/c1-16-10-11-18(14-19(16)26)28-24(32)15-30-22-9-5-4-8-20(22)29-21(25(30)33)12-13-23(31)27-17-6-2-3-7-17/h4-5,8-11,14,17H,2-3,6-7,12-13,15H2,1H3,(H,27,31)(H,28,32). The molecular weight excluding hydrogens is 423 g/mol. The van der Waals surface area contributed by atoms with Gasteiger partial charge in [-0.1, -0.05) is 31.0 Å². The van der Waals surface area contributed by atoms with Gasteiger partial charge in [-0.15, -0.1) is 0 Å². The topological polar surface area (TPSA) is 93.1 Å². The van der Waals surface area contributed by atoms with Crippen molar-refractivity contribution in [2.75, 3.05) is 5.32 Å². The molecule has 8 heteroatoms. The van der Waals surface area contributed by atoms with Gasteiger partial charge in [0, 0.05) is 24.6 Å². The lowest BCUT2D eigenvalue weighted by molar-refractivity contribution is -0.121. The van der Waals surface area contributed by atoms with Crippen LogP contribution in [0.2, 0.25) is 0 Å². The zero-order chi connectivity index (χ0) is 23.4. The van der Waals surface area contributed by atoms with Crippen LogP contribution in [0.3, 0.4) is 0 Å². The fourth-order valence-corrected chi connectivity index (χ4v) is 4.18. The monoisotopic (exact) mass is 450 g/mol. The van der Waals surface area contributed by atoms with Gasteiger partial charge in [0.1, 0.15) is 18.1 Å². The number of amides is 2. The van der Waals surface area contributed by atoms with Crippen LogP contribution < -0.4 is 16.2 Å². The van der Waals surface area contributed by atoms with E-state index < -0.39 is 17.3 Å². The SMILES string of the molecule is Cc1ccc(NC(=O)Cn2c(=O)c(CCC(=O)NC3CCCC3)nc3ccccc32)cc1F. The highest BCUT2D eigenvalue weighted by Crippen LogP contribution is 2.18. The van der Waals surface area contributed by atoms with E-state index in [1.807, 2.05) is 0 Å². The van der Waals surface area contributed by atoms with E-state index in [1.165, 1.54) is 10.6 Å². The molecule has 0 radical (unpaired) electrons. The summed E-state index contributed by atoms with van der Waals surface area (Å²) in [5, 5.41) is 5.66. The Morgan fingerprint density at radius 2 is 1.88 bits per heavy atom. The maximum Gasteiger partial charge on any atom is 0.273 e. The number of fused-ring (bicyclic) bond motifs is 1. The molecule has 0 aliphatic heterocycles. The first-order chi connectivity index (χ1) is 15.9. The second-order valence-electron chi connectivity index (χ2n) is 8.50. The van der Waals surface area contributed by atoms with E-state index in [4.69, 9.17) is 0 Å². The Morgan fingerprint density at radius 3 is 2.64 bits per heavy atom. The number of rotatable bonds is 7. The van der Waals surface area contributed by atoms with Crippen LogP contribution in [0.25, 0.3) is 11.0 Å². The number of halogens is 1. The molecule has 1 aromatic heterocycles. The molecule has 2 aromatic carbocycles. The Labute approximate surface area is 191 Å². The molecular formula is C25H27FN4O3. The van der Waals surface area contributed by atoms with E-state index in [9.17, 15) is 18.8 Å². The number of hydrogen-bond donors (Lipinski definition) is 2. The Balaban J connectivity index is 1.53. The fraction of sp³-hybridized carbons (Fsp3) is 0.360. The predicted octanol–water partition coefficient (Wildman–Crippen LogP) is 3.47. The number of benzene rings is 2. The highest BCUT2D eigenvalue weighted by Gasteiger charge is 2.19. The quantitative estimate of drug-likeness (QED) is 0.576. The van der Waals surface area contributed by atoms with Gasteiger partial charge >= 0.3 is 0 Å². The van der Waals surface area contributed by atoms with Gasteiger partial charge in [0.15, 0.2) is 0 Å². The minimum atomic E-state index is -0.457. The molecule has 0 atom stereocenters. The first-order valence-electron chi connectivity index (χ1n) is 11.2. The lowest BCUT2D eigenvalue weighted by atomic mass is 10.2. The van der Waals surface area contributed by atoms with Gasteiger partial charge in [0.2, 0.25) is 11.8 Å². The van der Waals surface area contributed by atoms with E-state index >= 15 is 0 Å². The fourth-order valence-electron chi connectivity index (χ4n) is 4.18. The van der Waals surface area contributed by atoms with Crippen LogP contribution in [-0.2, 0) is 22.6 Å². The third-order valence-electron chi connectivity index (χ3n) is 5.99. The summed E-state index contributed by atoms with van der Waals surface area (Å²) in [5.41, 5.74) is 1.71. The highest BCUT2D eigenvalue weighted by atomic mass is 19.1. The molecule has 33 heavy (non-hydrogen) atoms. The summed E-state index contributed by atoms with van der Waals surface area (Å²) in [6.07, 6.45) is 4.58. The van der Waals surface area contributed by atoms with Gasteiger partial charge in [-0.3, -0.25) is 19.0 Å². The van der Waals surface area contributed by atoms with Gasteiger partial charge in [-0.05, 0) is 49.6 Å². The van der Waals surface area contributed by atoms with E-state index in [1.54, 1.807) is 43.3 Å². The molecule has 1 fully saturated rings. The summed E-state index contributed by atoms with van der Waals surface area (Å²) in [6.45, 7) is 1.39. The number of anilines is 1. The van der Waals surface area contributed by atoms with Crippen molar-refractivity contribution in [2.24, 2.45) is 0 Å². The zero-order valence-corrected chi connectivity index (χ0v) is 18.6. The Morgan fingerprint density at radius 1 is 1.12 bits per heavy atom. The van der Waals surface area contributed by atoms with Crippen molar-refractivity contribution in [3.63, 3.8) is 0 Å². The number of carbonyl (C=O) groups is 2. The number of para-hydroxylation sites is 2. The van der Waals surface area contributed by atoms with Crippen LogP contribution in [0.15, 0.2) is 47.3 Å². The summed E-state index contributed by atoms with van der Waals surface area (Å²) in [4.78, 5) is 42.6. The molecule has 0 saturated heterocycles. The number of hydrogen-bond acceptors (Lipinski definition) is 4. The molecule has 1 saturated carbocycles. The van der Waals surface area contributed by atoms with Crippen molar-refractivity contribution in [3.05, 3.63) is 69.9 Å². The summed E-state index contributed by atoms with van der Waals surface area (Å²) in [6, 6.07) is 11.7. The maximum atomic E-state index is 13.8. The molecule has 0 bridgehead atoms. The van der Waals surface area contributed by atoms with E-state index in [0.717, 1.165) is 25.7 Å². The Bertz CT molecular complexity index is 1250. The molecule has 172 valence electrons. The van der Waals surface area contributed by atoms with Crippen molar-refractivity contribution in [1.29, 1.82) is 0 Å². The highest BCUT2D eigenvalue weighted by molar-refractivity contribution is 5.91. The van der Waals surface area contributed by atoms with Crippen molar-refractivity contribution >= 4 is 28.5 Å². The second-order valence-corrected chi connectivity index (χ2v) is 8.50. The van der Waals surface area contributed by atoms with Crippen molar-refractivity contribution < 1.29 is 14.0 Å². The van der Waals surface area contributed by atoms with Crippen molar-refractivity contribution in [1.82, 2.24) is 14.9 Å². The molecule has 2 N–H and O–H groups in total. The first kappa shape index (κ1) is 22.6. The largest absolute Gasteiger partial charge is 0.353 e. The van der Waals surface area contributed by atoms with Gasteiger partial charge in [-0.25, -0.2) is 9.37 Å². The normalized spacial score (nSPS) is 13.9. The van der Waals surface area contributed by atoms with E-state index in [2.05, 4.69) is 15.6 Å². The number of aryl methyl sites for hydroxylation is 2. The van der Waals surface area contributed by atoms with Crippen LogP contribution >= 0.6 is 0 Å². The number of aromatic nitrogens is 2. The minimum Gasteiger partial charge on any atom is -0.353 e. The van der Waals surface area contributed by atoms with Gasteiger partial charge in [0.05, 0.1) is 11.0 Å². The molecule has 7 nitrogen and oxygen atoms in total. The summed E-state index contributed by atoms with van der Waals surface area (Å²) >= 11 is 0. The third kappa shape index (κ3) is 5.45. The number of nitrogens with one attached hydrogen (secondary N) is 2. The third-order valence-corrected chi connectivity index (χ3v) is 5.99. The van der Waals surface area contributed by atoms with Crippen LogP contribution in [0.4, 0.5) is 10.1 Å². The second kappa shape index (κ2) is 9.94. The first-order valence-corrected chi connectivity index (χ1v) is 11.2. The predicted molar refractivity (Wildman–Crippen MR) is 124 cm³/mol. The number of nitrogens with zero attached hydrogens (tertiary/aromatic N) is 2. The Kier molecular flexibility index (Phi) is 6.82. The zero-order valence-electron chi connectivity index (χ0n) is 18.6. The van der Waals surface area contributed by atoms with Crippen LogP contribution in [0.1, 0.15) is 43.4 Å². The van der Waals surface area contributed by atoms with Crippen LogP contribution in [-0.4, -0.2) is 27.4 Å². The molecule has 2 amide bonds. The van der Waals surface area contributed by atoms with Gasteiger partial charge < -0.3 is 10.6 Å². The van der Waals surface area contributed by atoms with Crippen molar-refractivity contribution in [3.8, 4) is 0 Å². The molecule has 0 spiro atoms. The summed E-state index contributed by atoms with van der Waals surface area (Å²) in [7, 11) is 0. The smallest absolute Gasteiger partial charge is 0.273 e. The molecule has 3 aromatic rings. The summed E-state index contributed by atoms with van der Waals surface area (Å²) in [5.74, 6) is -0.971. The molecule has 1 heterocycles. The van der Waals surface area contributed by atoms with Crippen molar-refractivity contribution in [2.45, 2.75) is 58.0 Å². The van der Waals surface area contributed by atoms with Gasteiger partial charge in [0.25, 0.3) is 5.56 Å². The summed E-state index contributed by atoms with van der Waals surface area (Å²) < 4.78 is 15.2. The molecule has 1 aliphatic rings. The minimum absolute atomic E-state index is 0.0954. The Hall–Kier alpha value is -3.55. The van der Waals surface area contributed by atoms with Crippen LogP contribution in [0, 0.1) is 12.7 Å². The number of carbonyl (C=O) groups excluding carboxylic acids is 2.